The second-order valence-electron chi connectivity index (χ2n) is 6.82. The normalized spacial score (nSPS) is 22.3. The van der Waals surface area contributed by atoms with Gasteiger partial charge < -0.3 is 10.2 Å². The maximum Gasteiger partial charge on any atom is 0.238 e. The van der Waals surface area contributed by atoms with Gasteiger partial charge in [-0.3, -0.25) is 9.69 Å². The van der Waals surface area contributed by atoms with Crippen molar-refractivity contribution in [1.82, 2.24) is 4.90 Å². The van der Waals surface area contributed by atoms with Gasteiger partial charge in [-0.05, 0) is 62.9 Å². The zero-order valence-corrected chi connectivity index (χ0v) is 14.3. The smallest absolute Gasteiger partial charge is 0.238 e. The van der Waals surface area contributed by atoms with Crippen LogP contribution in [0, 0.1) is 0 Å². The summed E-state index contributed by atoms with van der Waals surface area (Å²) >= 11 is 0. The van der Waals surface area contributed by atoms with Crippen molar-refractivity contribution in [3.8, 4) is 0 Å². The Labute approximate surface area is 139 Å². The number of likely N-dealkylation sites (tertiary alicyclic amines) is 1. The summed E-state index contributed by atoms with van der Waals surface area (Å²) in [6, 6.07) is 8.87. The molecule has 1 amide bonds. The van der Waals surface area contributed by atoms with Crippen molar-refractivity contribution in [2.45, 2.75) is 51.5 Å². The molecule has 4 heteroatoms. The Hall–Kier alpha value is -1.55. The molecule has 0 radical (unpaired) electrons. The van der Waals surface area contributed by atoms with Crippen LogP contribution >= 0.6 is 0 Å². The molecule has 2 aliphatic heterocycles. The summed E-state index contributed by atoms with van der Waals surface area (Å²) in [5.41, 5.74) is 2.17. The molecule has 2 heterocycles. The van der Waals surface area contributed by atoms with Crippen LogP contribution in [0.3, 0.4) is 0 Å². The monoisotopic (exact) mass is 315 g/mol. The lowest BCUT2D eigenvalue weighted by atomic mass is 10.00. The molecule has 2 fully saturated rings. The van der Waals surface area contributed by atoms with E-state index in [-0.39, 0.29) is 5.91 Å². The number of nitrogens with zero attached hydrogens (tertiary/aromatic N) is 2. The van der Waals surface area contributed by atoms with Crippen molar-refractivity contribution in [3.63, 3.8) is 0 Å². The van der Waals surface area contributed by atoms with Gasteiger partial charge in [0.05, 0.1) is 6.54 Å². The van der Waals surface area contributed by atoms with Crippen LogP contribution in [0.5, 0.6) is 0 Å². The Kier molecular flexibility index (Phi) is 5.55. The molecule has 0 spiro atoms. The van der Waals surface area contributed by atoms with Gasteiger partial charge in [0.1, 0.15) is 0 Å². The van der Waals surface area contributed by atoms with Gasteiger partial charge in [0.25, 0.3) is 0 Å². The summed E-state index contributed by atoms with van der Waals surface area (Å²) in [4.78, 5) is 17.1. The van der Waals surface area contributed by atoms with Crippen LogP contribution < -0.4 is 10.2 Å². The first-order valence-electron chi connectivity index (χ1n) is 9.15. The highest BCUT2D eigenvalue weighted by atomic mass is 16.2. The molecule has 23 heavy (non-hydrogen) atoms. The second kappa shape index (κ2) is 7.82. The van der Waals surface area contributed by atoms with E-state index in [1.807, 2.05) is 12.1 Å². The van der Waals surface area contributed by atoms with Gasteiger partial charge in [0.15, 0.2) is 0 Å². The number of nitrogens with one attached hydrogen (secondary N) is 1. The van der Waals surface area contributed by atoms with Gasteiger partial charge in [0, 0.05) is 30.5 Å². The number of piperidine rings is 1. The van der Waals surface area contributed by atoms with Crippen LogP contribution in [0.25, 0.3) is 0 Å². The number of carbonyl (C=O) groups excluding carboxylic acids is 1. The molecular formula is C19H29N3O. The Balaban J connectivity index is 1.52. The van der Waals surface area contributed by atoms with Crippen LogP contribution in [0.1, 0.15) is 45.4 Å². The minimum atomic E-state index is 0.110. The van der Waals surface area contributed by atoms with Gasteiger partial charge >= 0.3 is 0 Å². The lowest BCUT2D eigenvalue weighted by molar-refractivity contribution is -0.118. The molecule has 0 saturated carbocycles. The molecular weight excluding hydrogens is 286 g/mol. The fourth-order valence-electron chi connectivity index (χ4n) is 3.85. The zero-order chi connectivity index (χ0) is 16.1. The van der Waals surface area contributed by atoms with E-state index < -0.39 is 0 Å². The SMILES string of the molecule is CCC1CCCCN1CC(=O)Nc1ccc(N2CCCC2)cc1. The van der Waals surface area contributed by atoms with Gasteiger partial charge in [-0.1, -0.05) is 13.3 Å². The number of hydrogen-bond donors (Lipinski definition) is 1. The number of carbonyl (C=O) groups is 1. The fourth-order valence-corrected chi connectivity index (χ4v) is 3.85. The molecule has 2 saturated heterocycles. The molecule has 1 N–H and O–H groups in total. The third kappa shape index (κ3) is 4.25. The topological polar surface area (TPSA) is 35.6 Å². The van der Waals surface area contributed by atoms with Crippen LogP contribution in [-0.2, 0) is 4.79 Å². The Morgan fingerprint density at radius 1 is 1.09 bits per heavy atom. The van der Waals surface area contributed by atoms with Gasteiger partial charge in [-0.2, -0.15) is 0 Å². The van der Waals surface area contributed by atoms with Gasteiger partial charge in [-0.25, -0.2) is 0 Å². The maximum atomic E-state index is 12.3. The summed E-state index contributed by atoms with van der Waals surface area (Å²) in [6.45, 7) is 6.10. The van der Waals surface area contributed by atoms with Crippen LogP contribution in [-0.4, -0.2) is 43.0 Å². The number of amides is 1. The highest BCUT2D eigenvalue weighted by Crippen LogP contribution is 2.22. The Morgan fingerprint density at radius 2 is 1.78 bits per heavy atom. The Morgan fingerprint density at radius 3 is 2.48 bits per heavy atom. The first-order chi connectivity index (χ1) is 11.3. The van der Waals surface area contributed by atoms with E-state index in [0.717, 1.165) is 31.7 Å². The third-order valence-corrected chi connectivity index (χ3v) is 5.19. The molecule has 1 aromatic carbocycles. The minimum Gasteiger partial charge on any atom is -0.372 e. The van der Waals surface area contributed by atoms with E-state index in [1.54, 1.807) is 0 Å². The second-order valence-corrected chi connectivity index (χ2v) is 6.82. The molecule has 126 valence electrons. The molecule has 0 aliphatic carbocycles. The average molecular weight is 315 g/mol. The maximum absolute atomic E-state index is 12.3. The van der Waals surface area contributed by atoms with Crippen LogP contribution in [0.2, 0.25) is 0 Å². The van der Waals surface area contributed by atoms with E-state index in [1.165, 1.54) is 37.8 Å². The van der Waals surface area contributed by atoms with Crippen molar-refractivity contribution in [2.24, 2.45) is 0 Å². The predicted octanol–water partition coefficient (Wildman–Crippen LogP) is 3.49. The molecule has 1 atom stereocenters. The highest BCUT2D eigenvalue weighted by molar-refractivity contribution is 5.92. The van der Waals surface area contributed by atoms with Crippen LogP contribution in [0.4, 0.5) is 11.4 Å². The summed E-state index contributed by atoms with van der Waals surface area (Å²) in [5.74, 6) is 0.110. The van der Waals surface area contributed by atoms with Crippen molar-refractivity contribution in [1.29, 1.82) is 0 Å². The molecule has 1 unspecified atom stereocenters. The molecule has 4 nitrogen and oxygen atoms in total. The summed E-state index contributed by atoms with van der Waals surface area (Å²) in [7, 11) is 0. The van der Waals surface area contributed by atoms with Crippen molar-refractivity contribution >= 4 is 17.3 Å². The Bertz CT molecular complexity index is 508. The first-order valence-corrected chi connectivity index (χ1v) is 9.15. The van der Waals surface area contributed by atoms with Gasteiger partial charge in [0.2, 0.25) is 5.91 Å². The fraction of sp³-hybridized carbons (Fsp3) is 0.632. The highest BCUT2D eigenvalue weighted by Gasteiger charge is 2.22. The van der Waals surface area contributed by atoms with E-state index >= 15 is 0 Å². The molecule has 0 aromatic heterocycles. The minimum absolute atomic E-state index is 0.110. The quantitative estimate of drug-likeness (QED) is 0.903. The number of anilines is 2. The van der Waals surface area contributed by atoms with Crippen molar-refractivity contribution in [2.75, 3.05) is 36.4 Å². The lowest BCUT2D eigenvalue weighted by Gasteiger charge is -2.34. The lowest BCUT2D eigenvalue weighted by Crippen LogP contribution is -2.43. The zero-order valence-electron chi connectivity index (χ0n) is 14.3. The average Bonchev–Trinajstić information content (AvgIpc) is 3.10. The number of hydrogen-bond acceptors (Lipinski definition) is 3. The molecule has 3 rings (SSSR count). The van der Waals surface area contributed by atoms with E-state index in [2.05, 4.69) is 34.2 Å². The third-order valence-electron chi connectivity index (χ3n) is 5.19. The molecule has 2 aliphatic rings. The van der Waals surface area contributed by atoms with E-state index in [4.69, 9.17) is 0 Å². The summed E-state index contributed by atoms with van der Waals surface area (Å²) in [6.07, 6.45) is 7.45. The van der Waals surface area contributed by atoms with E-state index in [0.29, 0.717) is 12.6 Å². The van der Waals surface area contributed by atoms with Crippen LogP contribution in [0.15, 0.2) is 24.3 Å². The molecule has 0 bridgehead atoms. The molecule has 1 aromatic rings. The first kappa shape index (κ1) is 16.3. The van der Waals surface area contributed by atoms with Crippen molar-refractivity contribution in [3.05, 3.63) is 24.3 Å². The van der Waals surface area contributed by atoms with Gasteiger partial charge in [-0.15, -0.1) is 0 Å². The predicted molar refractivity (Wildman–Crippen MR) is 96.0 cm³/mol. The summed E-state index contributed by atoms with van der Waals surface area (Å²) in [5, 5.41) is 3.05. The number of benzene rings is 1. The standard InChI is InChI=1S/C19H29N3O/c1-2-17-7-3-4-14-22(17)15-19(23)20-16-8-10-18(11-9-16)21-12-5-6-13-21/h8-11,17H,2-7,12-15H2,1H3,(H,20,23). The largest absolute Gasteiger partial charge is 0.372 e. The van der Waals surface area contributed by atoms with Crippen molar-refractivity contribution < 1.29 is 4.79 Å². The van der Waals surface area contributed by atoms with E-state index in [9.17, 15) is 4.79 Å². The summed E-state index contributed by atoms with van der Waals surface area (Å²) < 4.78 is 0. The number of rotatable bonds is 5.